The van der Waals surface area contributed by atoms with Gasteiger partial charge in [0.2, 0.25) is 0 Å². The summed E-state index contributed by atoms with van der Waals surface area (Å²) in [5.41, 5.74) is -0.0596. The number of nitro groups is 1. The molecule has 0 saturated heterocycles. The van der Waals surface area contributed by atoms with E-state index in [9.17, 15) is 19.7 Å². The van der Waals surface area contributed by atoms with Crippen LogP contribution < -0.4 is 0 Å². The SMILES string of the molecule is CCN(CC(=O)OC)C(=O)c1ccc(Br)c([N+](=O)[O-])c1. The van der Waals surface area contributed by atoms with Crippen LogP contribution in [0.4, 0.5) is 5.69 Å². The molecule has 0 aliphatic rings. The average Bonchev–Trinajstić information content (AvgIpc) is 2.43. The largest absolute Gasteiger partial charge is 0.468 e. The van der Waals surface area contributed by atoms with Gasteiger partial charge in [0, 0.05) is 18.2 Å². The van der Waals surface area contributed by atoms with Crippen LogP contribution in [0.15, 0.2) is 22.7 Å². The second-order valence-corrected chi connectivity index (χ2v) is 4.67. The van der Waals surface area contributed by atoms with E-state index in [1.54, 1.807) is 6.92 Å². The summed E-state index contributed by atoms with van der Waals surface area (Å²) < 4.78 is 4.79. The average molecular weight is 345 g/mol. The predicted octanol–water partition coefficient (Wildman–Crippen LogP) is 1.99. The zero-order valence-electron chi connectivity index (χ0n) is 11.0. The zero-order valence-corrected chi connectivity index (χ0v) is 12.5. The van der Waals surface area contributed by atoms with Gasteiger partial charge in [0.1, 0.15) is 6.54 Å². The number of carbonyl (C=O) groups is 2. The molecule has 0 aromatic heterocycles. The molecule has 1 aromatic carbocycles. The first-order chi connectivity index (χ1) is 9.40. The van der Waals surface area contributed by atoms with Crippen molar-refractivity contribution in [2.75, 3.05) is 20.2 Å². The Balaban J connectivity index is 3.04. The molecule has 0 radical (unpaired) electrons. The van der Waals surface area contributed by atoms with Crippen molar-refractivity contribution in [1.29, 1.82) is 0 Å². The fraction of sp³-hybridized carbons (Fsp3) is 0.333. The Morgan fingerprint density at radius 2 is 2.10 bits per heavy atom. The first-order valence-electron chi connectivity index (χ1n) is 5.70. The molecule has 1 amide bonds. The van der Waals surface area contributed by atoms with Gasteiger partial charge < -0.3 is 9.64 Å². The minimum absolute atomic E-state index is 0.144. The van der Waals surface area contributed by atoms with Crippen molar-refractivity contribution in [3.8, 4) is 0 Å². The first kappa shape index (κ1) is 16.1. The Labute approximate surface area is 123 Å². The van der Waals surface area contributed by atoms with E-state index >= 15 is 0 Å². The summed E-state index contributed by atoms with van der Waals surface area (Å²) in [5.74, 6) is -1.01. The number of carbonyl (C=O) groups excluding carboxylic acids is 2. The Hall–Kier alpha value is -1.96. The van der Waals surface area contributed by atoms with Gasteiger partial charge in [-0.25, -0.2) is 0 Å². The summed E-state index contributed by atoms with van der Waals surface area (Å²) in [6.07, 6.45) is 0. The molecule has 0 aliphatic heterocycles. The van der Waals surface area contributed by atoms with Crippen molar-refractivity contribution in [1.82, 2.24) is 4.90 Å². The normalized spacial score (nSPS) is 9.95. The van der Waals surface area contributed by atoms with Crippen LogP contribution in [-0.4, -0.2) is 41.9 Å². The van der Waals surface area contributed by atoms with Crippen molar-refractivity contribution in [3.63, 3.8) is 0 Å². The topological polar surface area (TPSA) is 89.8 Å². The van der Waals surface area contributed by atoms with Gasteiger partial charge in [-0.15, -0.1) is 0 Å². The maximum atomic E-state index is 12.2. The number of methoxy groups -OCH3 is 1. The summed E-state index contributed by atoms with van der Waals surface area (Å²) in [7, 11) is 1.23. The number of ether oxygens (including phenoxy) is 1. The Bertz CT molecular complexity index is 547. The summed E-state index contributed by atoms with van der Waals surface area (Å²) in [6.45, 7) is 1.79. The summed E-state index contributed by atoms with van der Waals surface area (Å²) >= 11 is 3.05. The Kier molecular flexibility index (Phi) is 5.63. The third kappa shape index (κ3) is 3.77. The van der Waals surface area contributed by atoms with E-state index in [-0.39, 0.29) is 28.8 Å². The fourth-order valence-electron chi connectivity index (χ4n) is 1.52. The third-order valence-corrected chi connectivity index (χ3v) is 3.28. The lowest BCUT2D eigenvalue weighted by Crippen LogP contribution is -2.36. The highest BCUT2D eigenvalue weighted by molar-refractivity contribution is 9.10. The van der Waals surface area contributed by atoms with E-state index in [1.807, 2.05) is 0 Å². The first-order valence-corrected chi connectivity index (χ1v) is 6.50. The molecule has 1 rings (SSSR count). The van der Waals surface area contributed by atoms with Crippen LogP contribution in [-0.2, 0) is 9.53 Å². The summed E-state index contributed by atoms with van der Waals surface area (Å²) in [4.78, 5) is 34.9. The number of benzene rings is 1. The van der Waals surface area contributed by atoms with Crippen LogP contribution in [0.3, 0.4) is 0 Å². The van der Waals surface area contributed by atoms with Gasteiger partial charge in [0.05, 0.1) is 16.5 Å². The van der Waals surface area contributed by atoms with E-state index in [0.717, 1.165) is 0 Å². The standard InChI is InChI=1S/C12H13BrN2O5/c1-3-14(7-11(16)20-2)12(17)8-4-5-9(13)10(6-8)15(18)19/h4-6H,3,7H2,1-2H3. The number of nitrogens with zero attached hydrogens (tertiary/aromatic N) is 2. The minimum Gasteiger partial charge on any atom is -0.468 e. The number of nitro benzene ring substituents is 1. The minimum atomic E-state index is -0.586. The van der Waals surface area contributed by atoms with E-state index in [4.69, 9.17) is 0 Å². The van der Waals surface area contributed by atoms with Gasteiger partial charge in [-0.2, -0.15) is 0 Å². The molecule has 0 aliphatic carbocycles. The molecule has 0 bridgehead atoms. The van der Waals surface area contributed by atoms with E-state index in [1.165, 1.54) is 30.2 Å². The van der Waals surface area contributed by atoms with Crippen LogP contribution in [0.5, 0.6) is 0 Å². The van der Waals surface area contributed by atoms with Crippen molar-refractivity contribution in [2.24, 2.45) is 0 Å². The number of likely N-dealkylation sites (N-methyl/N-ethyl adjacent to an activating group) is 1. The Morgan fingerprint density at radius 3 is 2.60 bits per heavy atom. The smallest absolute Gasteiger partial charge is 0.325 e. The van der Waals surface area contributed by atoms with Gasteiger partial charge >= 0.3 is 5.97 Å². The lowest BCUT2D eigenvalue weighted by atomic mass is 10.1. The third-order valence-electron chi connectivity index (χ3n) is 2.61. The van der Waals surface area contributed by atoms with E-state index in [2.05, 4.69) is 20.7 Å². The van der Waals surface area contributed by atoms with Crippen LogP contribution in [0.1, 0.15) is 17.3 Å². The van der Waals surface area contributed by atoms with Gasteiger partial charge in [-0.05, 0) is 35.0 Å². The molecule has 0 atom stereocenters. The quantitative estimate of drug-likeness (QED) is 0.463. The Morgan fingerprint density at radius 1 is 1.45 bits per heavy atom. The van der Waals surface area contributed by atoms with Crippen molar-refractivity contribution >= 4 is 33.5 Å². The highest BCUT2D eigenvalue weighted by Gasteiger charge is 2.21. The highest BCUT2D eigenvalue weighted by atomic mass is 79.9. The second-order valence-electron chi connectivity index (χ2n) is 3.82. The molecule has 0 saturated carbocycles. The molecule has 1 aromatic rings. The number of hydrogen-bond acceptors (Lipinski definition) is 5. The summed E-state index contributed by atoms with van der Waals surface area (Å²) in [5, 5.41) is 10.8. The van der Waals surface area contributed by atoms with Crippen LogP contribution in [0.25, 0.3) is 0 Å². The molecule has 20 heavy (non-hydrogen) atoms. The molecule has 0 N–H and O–H groups in total. The molecule has 0 heterocycles. The molecule has 0 spiro atoms. The monoisotopic (exact) mass is 344 g/mol. The van der Waals surface area contributed by atoms with Crippen molar-refractivity contribution in [2.45, 2.75) is 6.92 Å². The molecule has 0 unspecified atom stereocenters. The maximum Gasteiger partial charge on any atom is 0.325 e. The van der Waals surface area contributed by atoms with Crippen molar-refractivity contribution in [3.05, 3.63) is 38.3 Å². The van der Waals surface area contributed by atoms with Gasteiger partial charge in [0.25, 0.3) is 11.6 Å². The van der Waals surface area contributed by atoms with Crippen LogP contribution >= 0.6 is 15.9 Å². The van der Waals surface area contributed by atoms with Gasteiger partial charge in [-0.1, -0.05) is 0 Å². The summed E-state index contributed by atoms with van der Waals surface area (Å²) in [6, 6.07) is 4.06. The molecule has 8 heteroatoms. The fourth-order valence-corrected chi connectivity index (χ4v) is 1.91. The zero-order chi connectivity index (χ0) is 15.3. The molecule has 108 valence electrons. The molecular weight excluding hydrogens is 332 g/mol. The van der Waals surface area contributed by atoms with E-state index in [0.29, 0.717) is 0 Å². The number of amides is 1. The second kappa shape index (κ2) is 6.99. The number of halogens is 1. The predicted molar refractivity (Wildman–Crippen MR) is 74.4 cm³/mol. The van der Waals surface area contributed by atoms with E-state index < -0.39 is 16.8 Å². The van der Waals surface area contributed by atoms with Gasteiger partial charge in [-0.3, -0.25) is 19.7 Å². The molecule has 7 nitrogen and oxygen atoms in total. The molecular formula is C12H13BrN2O5. The maximum absolute atomic E-state index is 12.2. The number of rotatable bonds is 5. The number of hydrogen-bond donors (Lipinski definition) is 0. The molecule has 0 fully saturated rings. The van der Waals surface area contributed by atoms with Crippen LogP contribution in [0.2, 0.25) is 0 Å². The lowest BCUT2D eigenvalue weighted by Gasteiger charge is -2.19. The number of esters is 1. The lowest BCUT2D eigenvalue weighted by molar-refractivity contribution is -0.385. The highest BCUT2D eigenvalue weighted by Crippen LogP contribution is 2.26. The van der Waals surface area contributed by atoms with Gasteiger partial charge in [0.15, 0.2) is 0 Å². The van der Waals surface area contributed by atoms with Crippen molar-refractivity contribution < 1.29 is 19.2 Å². The van der Waals surface area contributed by atoms with Crippen LogP contribution in [0, 0.1) is 10.1 Å².